The highest BCUT2D eigenvalue weighted by Crippen LogP contribution is 2.40. The molecule has 1 saturated heterocycles. The predicted molar refractivity (Wildman–Crippen MR) is 93.8 cm³/mol. The molecule has 0 aliphatic carbocycles. The molecule has 23 heavy (non-hydrogen) atoms. The molecule has 0 radical (unpaired) electrons. The second-order valence-corrected chi connectivity index (χ2v) is 6.13. The van der Waals surface area contributed by atoms with Crippen molar-refractivity contribution in [2.75, 3.05) is 26.2 Å². The summed E-state index contributed by atoms with van der Waals surface area (Å²) < 4.78 is 38.8. The maximum atomic E-state index is 12.9. The first kappa shape index (κ1) is 23.4. The van der Waals surface area contributed by atoms with E-state index in [1.807, 2.05) is 0 Å². The summed E-state index contributed by atoms with van der Waals surface area (Å²) in [6.07, 6.45) is -5.28. The zero-order valence-electron chi connectivity index (χ0n) is 11.8. The smallest absolute Gasteiger partial charge is 0.314 e. The van der Waals surface area contributed by atoms with Crippen LogP contribution in [0.3, 0.4) is 0 Å². The summed E-state index contributed by atoms with van der Waals surface area (Å²) in [5.74, 6) is 0. The summed E-state index contributed by atoms with van der Waals surface area (Å²) in [7, 11) is 0. The second kappa shape index (κ2) is 9.76. The maximum Gasteiger partial charge on any atom is 0.390 e. The van der Waals surface area contributed by atoms with Gasteiger partial charge in [0.15, 0.2) is 0 Å². The zero-order valence-corrected chi connectivity index (χ0v) is 15.7. The van der Waals surface area contributed by atoms with E-state index in [1.165, 1.54) is 12.1 Å². The Morgan fingerprint density at radius 1 is 1.09 bits per heavy atom. The number of alkyl halides is 3. The fraction of sp³-hybridized carbons (Fsp3) is 0.538. The third-order valence-corrected chi connectivity index (χ3v) is 4.43. The van der Waals surface area contributed by atoms with Crippen LogP contribution in [0.4, 0.5) is 13.2 Å². The van der Waals surface area contributed by atoms with Gasteiger partial charge in [0, 0.05) is 37.2 Å². The van der Waals surface area contributed by atoms with Crippen molar-refractivity contribution in [3.63, 3.8) is 0 Å². The standard InChI is InChI=1S/C13H14Cl3F3N2.2ClH/c14-8-5-9(12(16)10(15)6-8)11(7-13(17,18)19)21-3-1-20-2-4-21;;/h5-6,11,20H,1-4,7H2;2*1H/t11-;;/m0../s1. The molecule has 1 aliphatic heterocycles. The van der Waals surface area contributed by atoms with Gasteiger partial charge in [-0.05, 0) is 17.7 Å². The maximum absolute atomic E-state index is 12.9. The van der Waals surface area contributed by atoms with Gasteiger partial charge < -0.3 is 5.32 Å². The fourth-order valence-corrected chi connectivity index (χ4v) is 3.21. The molecule has 10 heteroatoms. The van der Waals surface area contributed by atoms with Crippen LogP contribution in [0.1, 0.15) is 18.0 Å². The molecule has 0 amide bonds. The van der Waals surface area contributed by atoms with Crippen molar-refractivity contribution in [3.8, 4) is 0 Å². The minimum absolute atomic E-state index is 0. The average Bonchev–Trinajstić information content (AvgIpc) is 2.40. The van der Waals surface area contributed by atoms with Crippen molar-refractivity contribution >= 4 is 59.6 Å². The van der Waals surface area contributed by atoms with Crippen LogP contribution in [-0.4, -0.2) is 37.3 Å². The molecule has 1 aliphatic rings. The van der Waals surface area contributed by atoms with Crippen molar-refractivity contribution in [2.45, 2.75) is 18.6 Å². The van der Waals surface area contributed by atoms with Crippen LogP contribution in [0.2, 0.25) is 15.1 Å². The molecule has 1 aromatic carbocycles. The zero-order chi connectivity index (χ0) is 15.6. The quantitative estimate of drug-likeness (QED) is 0.642. The number of hydrogen-bond donors (Lipinski definition) is 1. The Morgan fingerprint density at radius 3 is 2.17 bits per heavy atom. The van der Waals surface area contributed by atoms with E-state index in [9.17, 15) is 13.2 Å². The molecular formula is C13H16Cl5F3N2. The highest BCUT2D eigenvalue weighted by Gasteiger charge is 2.37. The lowest BCUT2D eigenvalue weighted by Crippen LogP contribution is -2.46. The van der Waals surface area contributed by atoms with Gasteiger partial charge in [-0.25, -0.2) is 0 Å². The molecule has 0 bridgehead atoms. The summed E-state index contributed by atoms with van der Waals surface area (Å²) in [6, 6.07) is 2.02. The van der Waals surface area contributed by atoms with E-state index >= 15 is 0 Å². The van der Waals surface area contributed by atoms with Gasteiger partial charge in [-0.2, -0.15) is 13.2 Å². The van der Waals surface area contributed by atoms with Gasteiger partial charge in [0.05, 0.1) is 16.5 Å². The first-order valence-electron chi connectivity index (χ1n) is 6.44. The van der Waals surface area contributed by atoms with E-state index in [0.717, 1.165) is 0 Å². The van der Waals surface area contributed by atoms with E-state index in [4.69, 9.17) is 34.8 Å². The van der Waals surface area contributed by atoms with Gasteiger partial charge >= 0.3 is 6.18 Å². The van der Waals surface area contributed by atoms with Crippen molar-refractivity contribution in [2.24, 2.45) is 0 Å². The monoisotopic (exact) mass is 432 g/mol. The number of hydrogen-bond acceptors (Lipinski definition) is 2. The summed E-state index contributed by atoms with van der Waals surface area (Å²) in [4.78, 5) is 1.76. The lowest BCUT2D eigenvalue weighted by atomic mass is 10.0. The van der Waals surface area contributed by atoms with Crippen molar-refractivity contribution < 1.29 is 13.2 Å². The summed E-state index contributed by atoms with van der Waals surface area (Å²) in [6.45, 7) is 2.31. The van der Waals surface area contributed by atoms with Gasteiger partial charge in [-0.1, -0.05) is 34.8 Å². The van der Waals surface area contributed by atoms with Crippen molar-refractivity contribution in [1.29, 1.82) is 0 Å². The van der Waals surface area contributed by atoms with Crippen LogP contribution in [0.5, 0.6) is 0 Å². The minimum Gasteiger partial charge on any atom is -0.314 e. The minimum atomic E-state index is -4.30. The van der Waals surface area contributed by atoms with E-state index in [0.29, 0.717) is 31.7 Å². The molecule has 1 fully saturated rings. The number of halogens is 8. The Hall–Kier alpha value is 0.380. The Labute approximate surface area is 160 Å². The average molecular weight is 435 g/mol. The largest absolute Gasteiger partial charge is 0.390 e. The molecule has 1 heterocycles. The normalized spacial score (nSPS) is 17.1. The predicted octanol–water partition coefficient (Wildman–Crippen LogP) is 5.39. The molecule has 1 aromatic rings. The Bertz CT molecular complexity index is 507. The van der Waals surface area contributed by atoms with Gasteiger partial charge in [0.25, 0.3) is 0 Å². The van der Waals surface area contributed by atoms with E-state index in [1.54, 1.807) is 4.90 Å². The topological polar surface area (TPSA) is 15.3 Å². The lowest BCUT2D eigenvalue weighted by Gasteiger charge is -2.36. The Morgan fingerprint density at radius 2 is 1.65 bits per heavy atom. The van der Waals surface area contributed by atoms with Crippen LogP contribution in [0.25, 0.3) is 0 Å². The molecule has 0 saturated carbocycles. The molecule has 1 atom stereocenters. The summed E-state index contributed by atoms with van der Waals surface area (Å²) in [5, 5.41) is 3.69. The third-order valence-electron chi connectivity index (χ3n) is 3.40. The molecule has 2 rings (SSSR count). The molecule has 0 spiro atoms. The number of rotatable bonds is 3. The summed E-state index contributed by atoms with van der Waals surface area (Å²) >= 11 is 18.0. The van der Waals surface area contributed by atoms with E-state index in [-0.39, 0.29) is 39.9 Å². The van der Waals surface area contributed by atoms with Crippen LogP contribution < -0.4 is 5.32 Å². The van der Waals surface area contributed by atoms with E-state index in [2.05, 4.69) is 5.32 Å². The van der Waals surface area contributed by atoms with Gasteiger partial charge in [0.2, 0.25) is 0 Å². The molecular weight excluding hydrogens is 418 g/mol. The number of nitrogens with one attached hydrogen (secondary N) is 1. The van der Waals surface area contributed by atoms with Gasteiger partial charge in [-0.15, -0.1) is 24.8 Å². The molecule has 2 nitrogen and oxygen atoms in total. The van der Waals surface area contributed by atoms with Crippen molar-refractivity contribution in [1.82, 2.24) is 10.2 Å². The lowest BCUT2D eigenvalue weighted by molar-refractivity contribution is -0.148. The first-order valence-corrected chi connectivity index (χ1v) is 7.57. The summed E-state index contributed by atoms with van der Waals surface area (Å²) in [5.41, 5.74) is 0.327. The van der Waals surface area contributed by atoms with Crippen LogP contribution in [-0.2, 0) is 0 Å². The van der Waals surface area contributed by atoms with E-state index < -0.39 is 18.6 Å². The highest BCUT2D eigenvalue weighted by molar-refractivity contribution is 6.43. The van der Waals surface area contributed by atoms with Gasteiger partial charge in [0.1, 0.15) is 0 Å². The molecule has 1 N–H and O–H groups in total. The highest BCUT2D eigenvalue weighted by atomic mass is 35.5. The first-order chi connectivity index (χ1) is 9.78. The van der Waals surface area contributed by atoms with Crippen LogP contribution >= 0.6 is 59.6 Å². The Balaban J connectivity index is 0.00000242. The molecule has 134 valence electrons. The van der Waals surface area contributed by atoms with Crippen molar-refractivity contribution in [3.05, 3.63) is 32.8 Å². The fourth-order valence-electron chi connectivity index (χ4n) is 2.47. The van der Waals surface area contributed by atoms with Gasteiger partial charge in [-0.3, -0.25) is 4.90 Å². The molecule has 0 unspecified atom stereocenters. The number of piperazine rings is 1. The van der Waals surface area contributed by atoms with Crippen LogP contribution in [0, 0.1) is 0 Å². The number of nitrogens with zero attached hydrogens (tertiary/aromatic N) is 1. The number of benzene rings is 1. The SMILES string of the molecule is Cl.Cl.FC(F)(F)C[C@@H](c1cc(Cl)cc(Cl)c1Cl)N1CCNCC1. The second-order valence-electron chi connectivity index (χ2n) is 4.91. The van der Waals surface area contributed by atoms with Crippen LogP contribution in [0.15, 0.2) is 12.1 Å². The third kappa shape index (κ3) is 6.65. The molecule has 0 aromatic heterocycles. The Kier molecular flexibility index (Phi) is 9.92.